The van der Waals surface area contributed by atoms with E-state index in [1.165, 1.54) is 0 Å². The van der Waals surface area contributed by atoms with Crippen molar-refractivity contribution in [1.29, 1.82) is 0 Å². The molecule has 0 atom stereocenters. The van der Waals surface area contributed by atoms with E-state index in [1.807, 2.05) is 18.3 Å². The first-order chi connectivity index (χ1) is 8.16. The van der Waals surface area contributed by atoms with Gasteiger partial charge in [0, 0.05) is 38.4 Å². The molecule has 17 heavy (non-hydrogen) atoms. The summed E-state index contributed by atoms with van der Waals surface area (Å²) in [5, 5.41) is 7.52. The summed E-state index contributed by atoms with van der Waals surface area (Å²) in [7, 11) is 2.05. The fraction of sp³-hybridized carbons (Fsp3) is 0.500. The molecular formula is C12H19N5. The molecule has 0 fully saturated rings. The summed E-state index contributed by atoms with van der Waals surface area (Å²) < 4.78 is 1.77. The van der Waals surface area contributed by atoms with Crippen molar-refractivity contribution in [3.8, 4) is 0 Å². The molecule has 5 heteroatoms. The van der Waals surface area contributed by atoms with Crippen LogP contribution in [0.2, 0.25) is 0 Å². The number of hydrogen-bond acceptors (Lipinski definition) is 4. The number of nitrogens with zero attached hydrogens (tertiary/aromatic N) is 4. The Morgan fingerprint density at radius 2 is 2.24 bits per heavy atom. The Kier molecular flexibility index (Phi) is 3.58. The Morgan fingerprint density at radius 3 is 3.00 bits per heavy atom. The minimum absolute atomic E-state index is 0.522. The van der Waals surface area contributed by atoms with Crippen molar-refractivity contribution in [2.45, 2.75) is 19.9 Å². The first-order valence-corrected chi connectivity index (χ1v) is 5.92. The van der Waals surface area contributed by atoms with Gasteiger partial charge >= 0.3 is 0 Å². The number of rotatable bonds is 5. The Morgan fingerprint density at radius 1 is 1.41 bits per heavy atom. The molecule has 0 bridgehead atoms. The normalized spacial score (nSPS) is 11.3. The van der Waals surface area contributed by atoms with Crippen LogP contribution < -0.4 is 10.2 Å². The van der Waals surface area contributed by atoms with Gasteiger partial charge in [-0.25, -0.2) is 9.50 Å². The van der Waals surface area contributed by atoms with E-state index in [2.05, 4.69) is 41.2 Å². The molecule has 0 aromatic carbocycles. The lowest BCUT2D eigenvalue weighted by Gasteiger charge is -2.19. The summed E-state index contributed by atoms with van der Waals surface area (Å²) in [6.45, 7) is 6.20. The fourth-order valence-electron chi connectivity index (χ4n) is 1.65. The van der Waals surface area contributed by atoms with Crippen molar-refractivity contribution in [1.82, 2.24) is 19.9 Å². The monoisotopic (exact) mass is 233 g/mol. The molecule has 2 aromatic rings. The highest BCUT2D eigenvalue weighted by Gasteiger charge is 2.04. The molecule has 0 aliphatic rings. The Balaban J connectivity index is 2.00. The average Bonchev–Trinajstić information content (AvgIpc) is 2.75. The van der Waals surface area contributed by atoms with E-state index in [0.29, 0.717) is 6.04 Å². The van der Waals surface area contributed by atoms with Gasteiger partial charge in [0.25, 0.3) is 0 Å². The van der Waals surface area contributed by atoms with Crippen LogP contribution >= 0.6 is 0 Å². The van der Waals surface area contributed by atoms with Gasteiger partial charge in [0.15, 0.2) is 5.65 Å². The Bertz CT molecular complexity index is 476. The molecule has 2 rings (SSSR count). The number of hydrogen-bond donors (Lipinski definition) is 1. The lowest BCUT2D eigenvalue weighted by atomic mass is 10.4. The van der Waals surface area contributed by atoms with Crippen LogP contribution in [0.25, 0.3) is 5.65 Å². The topological polar surface area (TPSA) is 45.5 Å². The first-order valence-electron chi connectivity index (χ1n) is 5.92. The van der Waals surface area contributed by atoms with Crippen LogP contribution in [0.3, 0.4) is 0 Å². The molecule has 2 aromatic heterocycles. The van der Waals surface area contributed by atoms with Gasteiger partial charge in [-0.05, 0) is 6.07 Å². The summed E-state index contributed by atoms with van der Waals surface area (Å²) in [5.41, 5.74) is 0.881. The molecule has 0 saturated carbocycles. The van der Waals surface area contributed by atoms with Crippen molar-refractivity contribution in [3.63, 3.8) is 0 Å². The average molecular weight is 233 g/mol. The number of aromatic nitrogens is 3. The van der Waals surface area contributed by atoms with Gasteiger partial charge in [0.1, 0.15) is 5.82 Å². The third-order valence-electron chi connectivity index (χ3n) is 2.63. The zero-order chi connectivity index (χ0) is 12.3. The summed E-state index contributed by atoms with van der Waals surface area (Å²) in [5.74, 6) is 0.976. The van der Waals surface area contributed by atoms with Crippen molar-refractivity contribution >= 4 is 11.5 Å². The predicted molar refractivity (Wildman–Crippen MR) is 69.4 cm³/mol. The highest BCUT2D eigenvalue weighted by molar-refractivity contribution is 5.46. The standard InChI is InChI=1S/C12H19N5/c1-10(2)13-7-9-16(3)11-5-8-17-12(15-11)4-6-14-17/h4-6,8,10,13H,7,9H2,1-3H3. The van der Waals surface area contributed by atoms with Crippen molar-refractivity contribution in [3.05, 3.63) is 24.5 Å². The number of likely N-dealkylation sites (N-methyl/N-ethyl adjacent to an activating group) is 1. The third-order valence-corrected chi connectivity index (χ3v) is 2.63. The molecule has 0 aliphatic carbocycles. The van der Waals surface area contributed by atoms with Gasteiger partial charge in [0.2, 0.25) is 0 Å². The number of anilines is 1. The van der Waals surface area contributed by atoms with E-state index in [4.69, 9.17) is 0 Å². The fourth-order valence-corrected chi connectivity index (χ4v) is 1.65. The van der Waals surface area contributed by atoms with Crippen LogP contribution in [0.1, 0.15) is 13.8 Å². The summed E-state index contributed by atoms with van der Waals surface area (Å²) in [6, 6.07) is 4.41. The molecule has 0 radical (unpaired) electrons. The maximum absolute atomic E-state index is 4.53. The summed E-state index contributed by atoms with van der Waals surface area (Å²) in [4.78, 5) is 6.67. The van der Waals surface area contributed by atoms with Crippen LogP contribution in [0, 0.1) is 0 Å². The summed E-state index contributed by atoms with van der Waals surface area (Å²) >= 11 is 0. The number of fused-ring (bicyclic) bond motifs is 1. The van der Waals surface area contributed by atoms with Crippen molar-refractivity contribution in [2.75, 3.05) is 25.0 Å². The lowest BCUT2D eigenvalue weighted by molar-refractivity contribution is 0.588. The summed E-state index contributed by atoms with van der Waals surface area (Å²) in [6.07, 6.45) is 3.69. The Hall–Kier alpha value is -1.62. The van der Waals surface area contributed by atoms with Crippen LogP contribution in [-0.4, -0.2) is 40.8 Å². The minimum Gasteiger partial charge on any atom is -0.358 e. The molecule has 0 spiro atoms. The highest BCUT2D eigenvalue weighted by Crippen LogP contribution is 2.09. The van der Waals surface area contributed by atoms with Crippen LogP contribution in [0.4, 0.5) is 5.82 Å². The molecular weight excluding hydrogens is 214 g/mol. The molecule has 1 N–H and O–H groups in total. The van der Waals surface area contributed by atoms with Gasteiger partial charge in [-0.3, -0.25) is 0 Å². The zero-order valence-corrected chi connectivity index (χ0v) is 10.6. The molecule has 2 heterocycles. The van der Waals surface area contributed by atoms with E-state index in [0.717, 1.165) is 24.6 Å². The van der Waals surface area contributed by atoms with Crippen LogP contribution in [-0.2, 0) is 0 Å². The Labute approximate surface area is 101 Å². The van der Waals surface area contributed by atoms with E-state index in [-0.39, 0.29) is 0 Å². The largest absolute Gasteiger partial charge is 0.358 e. The number of nitrogens with one attached hydrogen (secondary N) is 1. The molecule has 0 unspecified atom stereocenters. The van der Waals surface area contributed by atoms with E-state index in [1.54, 1.807) is 10.7 Å². The van der Waals surface area contributed by atoms with Gasteiger partial charge in [-0.15, -0.1) is 0 Å². The van der Waals surface area contributed by atoms with Crippen LogP contribution in [0.5, 0.6) is 0 Å². The van der Waals surface area contributed by atoms with Gasteiger partial charge in [-0.2, -0.15) is 5.10 Å². The van der Waals surface area contributed by atoms with Crippen molar-refractivity contribution in [2.24, 2.45) is 0 Å². The second-order valence-electron chi connectivity index (χ2n) is 4.45. The third kappa shape index (κ3) is 2.94. The quantitative estimate of drug-likeness (QED) is 0.842. The lowest BCUT2D eigenvalue weighted by Crippen LogP contribution is -2.33. The SMILES string of the molecule is CC(C)NCCN(C)c1ccn2nccc2n1. The molecule has 5 nitrogen and oxygen atoms in total. The van der Waals surface area contributed by atoms with Crippen molar-refractivity contribution < 1.29 is 0 Å². The first kappa shape index (κ1) is 11.9. The molecule has 0 aliphatic heterocycles. The van der Waals surface area contributed by atoms with Gasteiger partial charge in [-0.1, -0.05) is 13.8 Å². The maximum atomic E-state index is 4.53. The molecule has 0 saturated heterocycles. The molecule has 92 valence electrons. The smallest absolute Gasteiger partial charge is 0.157 e. The maximum Gasteiger partial charge on any atom is 0.157 e. The second kappa shape index (κ2) is 5.14. The highest BCUT2D eigenvalue weighted by atomic mass is 15.3. The van der Waals surface area contributed by atoms with E-state index < -0.39 is 0 Å². The van der Waals surface area contributed by atoms with E-state index >= 15 is 0 Å². The molecule has 0 amide bonds. The van der Waals surface area contributed by atoms with Gasteiger partial charge < -0.3 is 10.2 Å². The van der Waals surface area contributed by atoms with Gasteiger partial charge in [0.05, 0.1) is 6.20 Å². The predicted octanol–water partition coefficient (Wildman–Crippen LogP) is 1.16. The zero-order valence-electron chi connectivity index (χ0n) is 10.6. The second-order valence-corrected chi connectivity index (χ2v) is 4.45. The van der Waals surface area contributed by atoms with E-state index in [9.17, 15) is 0 Å². The van der Waals surface area contributed by atoms with Crippen LogP contribution in [0.15, 0.2) is 24.5 Å². The minimum atomic E-state index is 0.522.